The Labute approximate surface area is 694 Å². The number of hydrogen-bond donors (Lipinski definition) is 5. The molecule has 0 radical (unpaired) electrons. The third-order valence-electron chi connectivity index (χ3n) is 20.3. The van der Waals surface area contributed by atoms with Gasteiger partial charge in [0.05, 0.1) is 73.1 Å². The normalized spacial score (nSPS) is 21.1. The first-order chi connectivity index (χ1) is 52.8. The predicted octanol–water partition coefficient (Wildman–Crippen LogP) is 17.3. The number of amides is 3. The van der Waals surface area contributed by atoms with Gasteiger partial charge in [0.2, 0.25) is 10.0 Å². The molecule has 0 bridgehead atoms. The summed E-state index contributed by atoms with van der Waals surface area (Å²) >= 11 is 4.60. The van der Waals surface area contributed by atoms with Crippen LogP contribution >= 0.6 is 11.6 Å². The fourth-order valence-corrected chi connectivity index (χ4v) is 14.8. The van der Waals surface area contributed by atoms with Gasteiger partial charge in [0.25, 0.3) is 0 Å². The molecule has 0 aromatic heterocycles. The minimum atomic E-state index is -3.40. The van der Waals surface area contributed by atoms with Crippen molar-refractivity contribution in [3.05, 3.63) is 179 Å². The van der Waals surface area contributed by atoms with E-state index in [2.05, 4.69) is 167 Å². The van der Waals surface area contributed by atoms with E-state index in [1.807, 2.05) is 98.8 Å². The van der Waals surface area contributed by atoms with E-state index < -0.39 is 33.6 Å². The maximum Gasteiger partial charge on any atom is 0.410 e. The quantitative estimate of drug-likeness (QED) is 0.0249. The van der Waals surface area contributed by atoms with Crippen LogP contribution in [0.15, 0.2) is 146 Å². The lowest BCUT2D eigenvalue weighted by Gasteiger charge is -2.29. The van der Waals surface area contributed by atoms with E-state index in [0.717, 1.165) is 66.4 Å². The van der Waals surface area contributed by atoms with Crippen LogP contribution in [-0.4, -0.2) is 195 Å². The van der Waals surface area contributed by atoms with Crippen LogP contribution in [0.1, 0.15) is 196 Å². The molecule has 4 aliphatic rings. The van der Waals surface area contributed by atoms with Crippen molar-refractivity contribution < 1.29 is 75.0 Å². The van der Waals surface area contributed by atoms with E-state index in [1.165, 1.54) is 56.3 Å². The van der Waals surface area contributed by atoms with Crippen LogP contribution in [0.3, 0.4) is 0 Å². The summed E-state index contributed by atoms with van der Waals surface area (Å²) in [5, 5.41) is 11.0. The molecular weight excluding hydrogens is 1500 g/mol. The maximum atomic E-state index is 12.5. The minimum absolute atomic E-state index is 0. The minimum Gasteiger partial charge on any atom is -0.497 e. The zero-order valence-corrected chi connectivity index (χ0v) is 70.0. The number of likely N-dealkylation sites (tertiary alicyclic amines) is 3. The van der Waals surface area contributed by atoms with Crippen molar-refractivity contribution in [2.24, 2.45) is 5.73 Å². The molecule has 0 unspecified atom stereocenters. The molecule has 0 aliphatic carbocycles. The summed E-state index contributed by atoms with van der Waals surface area (Å²) in [6.07, 6.45) is 3.18. The Hall–Kier alpha value is -8.56. The third kappa shape index (κ3) is 32.5. The molecule has 644 valence electrons. The van der Waals surface area contributed by atoms with Crippen LogP contribution in [0, 0.1) is 0 Å². The molecule has 4 heterocycles. The highest BCUT2D eigenvalue weighted by Crippen LogP contribution is 2.32. The maximum absolute atomic E-state index is 12.5. The monoisotopic (exact) mass is 1640 g/mol. The Morgan fingerprint density at radius 3 is 1.03 bits per heavy atom. The number of carbonyl (C=O) groups excluding carboxylic acids is 4. The molecule has 26 heteroatoms. The number of methoxy groups -OCH3 is 6. The number of rotatable bonds is 26. The standard InChI is InChI=1S/C25H34N2O4.C23H32N2O2.C18H28N2O5S.C17H26N2O3.C2H3ClO2.4CH4/c1-17(2)20-8-12-22(13-9-20)31-16-24-23(14-18(3)27(24)25(28)30-5)26-15-19-6-10-21(29-4)11-7-19;1-16(2)19-7-11-21(12-8-19)27-15-23-22(13-17(3)25-23)24-14-18-5-9-20(26-4)10-6-18;1-12(2)14-6-8-15(9-7-14)25-11-17-16(19-26(5,22)23)10-13(3)20(17)18(21)24-4;1-11(2)13-5-7-14(8-6-13)22-10-16-15(18)9-12(3)19(16)17(20)21-4;1-5-2(3)4;;;;/h6-13,17-18,23-24,26H,14-16H2,1-5H3;5-12,16-17,22-25H,13-15H2,1-4H3;6-9,12-13,16-17,19H,10-11H2,1-5H3;5-8,11-12,15-16H,9-10,18H2,1-4H3;1H3;4*1H4/t18-,23+,24+;17-,22+,23+;13-,16+,17+;12-,15+,16+;;;;;/m1111...../s1. The van der Waals surface area contributed by atoms with Gasteiger partial charge >= 0.3 is 23.7 Å². The number of nitrogens with zero attached hydrogens (tertiary/aromatic N) is 3. The van der Waals surface area contributed by atoms with Crippen molar-refractivity contribution in [2.45, 2.75) is 248 Å². The summed E-state index contributed by atoms with van der Waals surface area (Å²) < 4.78 is 78.9. The van der Waals surface area contributed by atoms with Gasteiger partial charge in [-0.05, 0) is 183 Å². The van der Waals surface area contributed by atoms with Crippen LogP contribution in [0.2, 0.25) is 0 Å². The van der Waals surface area contributed by atoms with Crippen LogP contribution in [0.25, 0.3) is 0 Å². The molecule has 115 heavy (non-hydrogen) atoms. The molecule has 4 fully saturated rings. The molecule has 0 saturated carbocycles. The SMILES string of the molecule is C.C.C.C.COC(=O)Cl.COC(=O)N1[C@H](C)C[C@H](N)[C@@H]1COc1ccc(C(C)C)cc1.COC(=O)N1[C@H](C)C[C@H](NCc2ccc(OC)cc2)[C@@H]1COc1ccc(C(C)C)cc1.COC(=O)N1[C@H](C)C[C@H](NS(C)(=O)=O)[C@@H]1COc1ccc(C(C)C)cc1.COc1ccc(CN[C@H]2C[C@@H](C)N[C@H]2COc2ccc(C(C)C)cc2)cc1. The van der Waals surface area contributed by atoms with Gasteiger partial charge in [-0.15, -0.1) is 0 Å². The first-order valence-electron chi connectivity index (χ1n) is 38.3. The van der Waals surface area contributed by atoms with Crippen LogP contribution in [0.4, 0.5) is 19.2 Å². The highest BCUT2D eigenvalue weighted by atomic mass is 35.5. The first-order valence-corrected chi connectivity index (χ1v) is 40.5. The Balaban J connectivity index is 0.000000506. The number of sulfonamides is 1. The van der Waals surface area contributed by atoms with E-state index in [9.17, 15) is 27.6 Å². The van der Waals surface area contributed by atoms with Crippen LogP contribution in [0.5, 0.6) is 34.5 Å². The smallest absolute Gasteiger partial charge is 0.410 e. The van der Waals surface area contributed by atoms with Gasteiger partial charge in [-0.1, -0.05) is 158 Å². The van der Waals surface area contributed by atoms with Crippen molar-refractivity contribution in [1.82, 2.24) is 35.4 Å². The summed E-state index contributed by atoms with van der Waals surface area (Å²) in [6.45, 7) is 28.6. The Morgan fingerprint density at radius 1 is 0.426 bits per heavy atom. The van der Waals surface area contributed by atoms with E-state index in [0.29, 0.717) is 80.3 Å². The number of ether oxygens (including phenoxy) is 10. The second-order valence-corrected chi connectivity index (χ2v) is 32.0. The van der Waals surface area contributed by atoms with Crippen LogP contribution < -0.4 is 54.8 Å². The Bertz CT molecular complexity index is 3860. The number of nitrogens with two attached hydrogens (primary N) is 1. The number of nitrogens with one attached hydrogen (secondary N) is 4. The zero-order valence-electron chi connectivity index (χ0n) is 68.4. The average molecular weight is 1640 g/mol. The molecule has 6 aromatic rings. The highest BCUT2D eigenvalue weighted by Gasteiger charge is 2.46. The summed E-state index contributed by atoms with van der Waals surface area (Å²) in [4.78, 5) is 50.9. The topological polar surface area (TPSA) is 279 Å². The highest BCUT2D eigenvalue weighted by molar-refractivity contribution is 7.88. The van der Waals surface area contributed by atoms with Gasteiger partial charge in [-0.3, -0.25) is 14.7 Å². The van der Waals surface area contributed by atoms with Gasteiger partial charge in [0.1, 0.15) is 60.9 Å². The number of carbonyl (C=O) groups is 4. The lowest BCUT2D eigenvalue weighted by Crippen LogP contribution is -2.50. The summed E-state index contributed by atoms with van der Waals surface area (Å²) in [5.41, 5.74) is 12.9. The molecule has 24 nitrogen and oxygen atoms in total. The van der Waals surface area contributed by atoms with E-state index >= 15 is 0 Å². The van der Waals surface area contributed by atoms with E-state index in [4.69, 9.17) is 48.4 Å². The third-order valence-corrected chi connectivity index (χ3v) is 21.2. The lowest BCUT2D eigenvalue weighted by atomic mass is 10.0. The van der Waals surface area contributed by atoms with E-state index in [-0.39, 0.29) is 90.8 Å². The number of benzene rings is 6. The molecule has 6 N–H and O–H groups in total. The van der Waals surface area contributed by atoms with Crippen molar-refractivity contribution in [2.75, 3.05) is 75.3 Å². The molecular formula is C89H139ClN8O16S. The average Bonchev–Trinajstić information content (AvgIpc) is 1.68. The van der Waals surface area contributed by atoms with Gasteiger partial charge in [-0.25, -0.2) is 32.3 Å². The van der Waals surface area contributed by atoms with Gasteiger partial charge in [0, 0.05) is 73.0 Å². The largest absolute Gasteiger partial charge is 0.497 e. The number of hydrogen-bond acceptors (Lipinski definition) is 20. The second-order valence-electron chi connectivity index (χ2n) is 29.9. The van der Waals surface area contributed by atoms with Crippen molar-refractivity contribution >= 4 is 45.3 Å². The summed E-state index contributed by atoms with van der Waals surface area (Å²) in [7, 11) is 5.30. The fraction of sp³-hybridized carbons (Fsp3) is 0.551. The molecule has 10 rings (SSSR count). The predicted molar refractivity (Wildman–Crippen MR) is 464 cm³/mol. The van der Waals surface area contributed by atoms with E-state index in [1.54, 1.807) is 28.9 Å². The van der Waals surface area contributed by atoms with Crippen molar-refractivity contribution in [1.29, 1.82) is 0 Å². The molecule has 6 aromatic carbocycles. The fourth-order valence-electron chi connectivity index (χ4n) is 14.0. The molecule has 3 amide bonds. The molecule has 4 aliphatic heterocycles. The zero-order chi connectivity index (χ0) is 81.6. The van der Waals surface area contributed by atoms with Crippen LogP contribution in [-0.2, 0) is 42.1 Å². The second kappa shape index (κ2) is 50.8. The Morgan fingerprint density at radius 2 is 0.713 bits per heavy atom. The number of halogens is 1. The first kappa shape index (κ1) is 103. The van der Waals surface area contributed by atoms with Gasteiger partial charge < -0.3 is 69.1 Å². The lowest BCUT2D eigenvalue weighted by molar-refractivity contribution is 0.0874. The summed E-state index contributed by atoms with van der Waals surface area (Å²) in [6, 6.07) is 48.7. The molecule has 4 saturated heterocycles. The molecule has 12 atom stereocenters. The van der Waals surface area contributed by atoms with Gasteiger partial charge in [0.15, 0.2) is 0 Å². The Kier molecular flexibility index (Phi) is 45.3. The summed E-state index contributed by atoms with van der Waals surface area (Å²) in [5.74, 6) is 6.89. The van der Waals surface area contributed by atoms with Gasteiger partial charge in [-0.2, -0.15) is 0 Å². The molecule has 0 spiro atoms. The van der Waals surface area contributed by atoms with Crippen molar-refractivity contribution in [3.63, 3.8) is 0 Å². The van der Waals surface area contributed by atoms with Crippen molar-refractivity contribution in [3.8, 4) is 34.5 Å².